The molecule has 0 spiro atoms. The van der Waals surface area contributed by atoms with Gasteiger partial charge in [0.05, 0.1) is 16.5 Å². The van der Waals surface area contributed by atoms with Crippen molar-refractivity contribution in [3.05, 3.63) is 35.5 Å². The highest BCUT2D eigenvalue weighted by Gasteiger charge is 2.09. The molecule has 2 aromatic rings. The number of sulfone groups is 1. The van der Waals surface area contributed by atoms with Crippen molar-refractivity contribution in [2.24, 2.45) is 0 Å². The van der Waals surface area contributed by atoms with Crippen LogP contribution < -0.4 is 0 Å². The van der Waals surface area contributed by atoms with Gasteiger partial charge in [-0.2, -0.15) is 0 Å². The summed E-state index contributed by atoms with van der Waals surface area (Å²) in [6.07, 6.45) is 3.07. The zero-order valence-electron chi connectivity index (χ0n) is 7.30. The molecule has 5 heteroatoms. The van der Waals surface area contributed by atoms with Crippen LogP contribution in [0.5, 0.6) is 0 Å². The largest absolute Gasteiger partial charge is 0.240 e. The standard InChI is InChI=1S/C9H8NO2S2/c1-14(11,12)6-9-10-7-4-2-3-5-8(7)13-9/h2-5H,1,6H2. The summed E-state index contributed by atoms with van der Waals surface area (Å²) in [7, 11) is -3.23. The number of fused-ring (bicyclic) bond motifs is 1. The number of para-hydroxylation sites is 1. The number of benzene rings is 1. The lowest BCUT2D eigenvalue weighted by atomic mass is 10.3. The minimum atomic E-state index is -3.23. The Labute approximate surface area is 86.3 Å². The van der Waals surface area contributed by atoms with Crippen LogP contribution in [0.4, 0.5) is 0 Å². The van der Waals surface area contributed by atoms with Crippen LogP contribution >= 0.6 is 11.3 Å². The molecule has 0 atom stereocenters. The Morgan fingerprint density at radius 3 is 2.71 bits per heavy atom. The van der Waals surface area contributed by atoms with Crippen LogP contribution in [0.1, 0.15) is 5.01 Å². The normalized spacial score (nSPS) is 12.1. The van der Waals surface area contributed by atoms with E-state index in [4.69, 9.17) is 0 Å². The van der Waals surface area contributed by atoms with Crippen molar-refractivity contribution in [3.63, 3.8) is 0 Å². The van der Waals surface area contributed by atoms with E-state index in [-0.39, 0.29) is 5.75 Å². The number of hydrogen-bond acceptors (Lipinski definition) is 4. The first-order valence-corrected chi connectivity index (χ1v) is 6.58. The number of nitrogens with zero attached hydrogens (tertiary/aromatic N) is 1. The van der Waals surface area contributed by atoms with Gasteiger partial charge in [-0.25, -0.2) is 13.4 Å². The highest BCUT2D eigenvalue weighted by molar-refractivity contribution is 7.91. The Bertz CT molecular complexity index is 524. The van der Waals surface area contributed by atoms with Gasteiger partial charge in [-0.1, -0.05) is 12.1 Å². The van der Waals surface area contributed by atoms with Crippen molar-refractivity contribution in [1.29, 1.82) is 0 Å². The molecule has 0 aliphatic rings. The van der Waals surface area contributed by atoms with E-state index in [9.17, 15) is 8.42 Å². The first-order valence-electron chi connectivity index (χ1n) is 3.95. The molecule has 2 rings (SSSR count). The molecule has 0 unspecified atom stereocenters. The van der Waals surface area contributed by atoms with Gasteiger partial charge in [-0.05, 0) is 12.1 Å². The van der Waals surface area contributed by atoms with Gasteiger partial charge in [0.25, 0.3) is 0 Å². The maximum atomic E-state index is 10.9. The lowest BCUT2D eigenvalue weighted by Crippen LogP contribution is -1.96. The van der Waals surface area contributed by atoms with Crippen molar-refractivity contribution >= 4 is 31.4 Å². The van der Waals surface area contributed by atoms with Crippen molar-refractivity contribution in [3.8, 4) is 0 Å². The molecule has 1 aromatic carbocycles. The third-order valence-corrected chi connectivity index (χ3v) is 3.61. The van der Waals surface area contributed by atoms with Crippen LogP contribution in [-0.4, -0.2) is 13.4 Å². The molecule has 0 saturated carbocycles. The van der Waals surface area contributed by atoms with Crippen LogP contribution in [0.3, 0.4) is 0 Å². The van der Waals surface area contributed by atoms with Crippen LogP contribution in [0, 0.1) is 6.26 Å². The SMILES string of the molecule is [CH2]S(=O)(=O)Cc1nc2ccccc2s1. The maximum absolute atomic E-state index is 10.9. The molecule has 73 valence electrons. The van der Waals surface area contributed by atoms with E-state index in [1.54, 1.807) is 0 Å². The molecule has 1 radical (unpaired) electrons. The Kier molecular flexibility index (Phi) is 2.28. The smallest absolute Gasteiger partial charge is 0.157 e. The van der Waals surface area contributed by atoms with E-state index in [2.05, 4.69) is 11.2 Å². The zero-order valence-corrected chi connectivity index (χ0v) is 8.94. The van der Waals surface area contributed by atoms with Gasteiger partial charge in [0.2, 0.25) is 0 Å². The Morgan fingerprint density at radius 2 is 2.07 bits per heavy atom. The number of rotatable bonds is 2. The van der Waals surface area contributed by atoms with E-state index in [1.807, 2.05) is 24.3 Å². The Hall–Kier alpha value is -0.940. The van der Waals surface area contributed by atoms with Crippen molar-refractivity contribution in [2.45, 2.75) is 5.75 Å². The van der Waals surface area contributed by atoms with Crippen LogP contribution in [-0.2, 0) is 15.6 Å². The molecule has 0 fully saturated rings. The first-order chi connectivity index (χ1) is 6.54. The van der Waals surface area contributed by atoms with Gasteiger partial charge >= 0.3 is 0 Å². The Morgan fingerprint density at radius 1 is 1.36 bits per heavy atom. The first kappa shape index (κ1) is 9.61. The molecule has 1 heterocycles. The summed E-state index contributed by atoms with van der Waals surface area (Å²) in [6, 6.07) is 7.57. The fraction of sp³-hybridized carbons (Fsp3) is 0.111. The molecule has 0 aliphatic carbocycles. The molecule has 0 saturated heterocycles. The Balaban J connectivity index is 2.46. The summed E-state index contributed by atoms with van der Waals surface area (Å²) in [4.78, 5) is 4.20. The molecule has 1 aromatic heterocycles. The number of hydrogen-bond donors (Lipinski definition) is 0. The lowest BCUT2D eigenvalue weighted by Gasteiger charge is -1.89. The number of aromatic nitrogens is 1. The summed E-state index contributed by atoms with van der Waals surface area (Å²) in [5.74, 6) is -0.0770. The molecular formula is C9H8NO2S2. The van der Waals surface area contributed by atoms with Crippen molar-refractivity contribution in [2.75, 3.05) is 0 Å². The quantitative estimate of drug-likeness (QED) is 0.787. The zero-order chi connectivity index (χ0) is 10.2. The second kappa shape index (κ2) is 3.33. The van der Waals surface area contributed by atoms with Gasteiger partial charge in [-0.15, -0.1) is 11.3 Å². The predicted octanol–water partition coefficient (Wildman–Crippen LogP) is 2.00. The molecule has 0 amide bonds. The minimum Gasteiger partial charge on any atom is -0.240 e. The summed E-state index contributed by atoms with van der Waals surface area (Å²) < 4.78 is 22.9. The highest BCUT2D eigenvalue weighted by Crippen LogP contribution is 2.22. The predicted molar refractivity (Wildman–Crippen MR) is 57.6 cm³/mol. The summed E-state index contributed by atoms with van der Waals surface area (Å²) >= 11 is 1.39. The topological polar surface area (TPSA) is 47.0 Å². The van der Waals surface area contributed by atoms with Gasteiger partial charge in [0.15, 0.2) is 9.84 Å². The number of thiazole rings is 1. The van der Waals surface area contributed by atoms with E-state index in [0.717, 1.165) is 10.2 Å². The van der Waals surface area contributed by atoms with Gasteiger partial charge in [-0.3, -0.25) is 0 Å². The average molecular weight is 226 g/mol. The van der Waals surface area contributed by atoms with E-state index < -0.39 is 9.84 Å². The second-order valence-corrected chi connectivity index (χ2v) is 5.85. The fourth-order valence-electron chi connectivity index (χ4n) is 1.17. The van der Waals surface area contributed by atoms with Crippen LogP contribution in [0.15, 0.2) is 24.3 Å². The maximum Gasteiger partial charge on any atom is 0.157 e. The van der Waals surface area contributed by atoms with Crippen LogP contribution in [0.2, 0.25) is 0 Å². The van der Waals surface area contributed by atoms with E-state index in [0.29, 0.717) is 5.01 Å². The third kappa shape index (κ3) is 2.10. The molecular weight excluding hydrogens is 218 g/mol. The van der Waals surface area contributed by atoms with Crippen molar-refractivity contribution in [1.82, 2.24) is 4.98 Å². The molecule has 3 nitrogen and oxygen atoms in total. The highest BCUT2D eigenvalue weighted by atomic mass is 32.2. The lowest BCUT2D eigenvalue weighted by molar-refractivity contribution is 0.603. The van der Waals surface area contributed by atoms with Crippen molar-refractivity contribution < 1.29 is 8.42 Å². The van der Waals surface area contributed by atoms with Crippen LogP contribution in [0.25, 0.3) is 10.2 Å². The average Bonchev–Trinajstić information content (AvgIpc) is 2.42. The fourth-order valence-corrected chi connectivity index (χ4v) is 3.15. The second-order valence-electron chi connectivity index (χ2n) is 2.96. The summed E-state index contributed by atoms with van der Waals surface area (Å²) in [6.45, 7) is 0. The molecule has 0 N–H and O–H groups in total. The van der Waals surface area contributed by atoms with E-state index in [1.165, 1.54) is 11.3 Å². The van der Waals surface area contributed by atoms with Gasteiger partial charge in [0, 0.05) is 0 Å². The summed E-state index contributed by atoms with van der Waals surface area (Å²) in [5, 5.41) is 0.598. The third-order valence-electron chi connectivity index (χ3n) is 1.68. The van der Waals surface area contributed by atoms with E-state index >= 15 is 0 Å². The van der Waals surface area contributed by atoms with Gasteiger partial charge < -0.3 is 0 Å². The molecule has 0 bridgehead atoms. The monoisotopic (exact) mass is 226 g/mol. The van der Waals surface area contributed by atoms with Gasteiger partial charge in [0.1, 0.15) is 10.8 Å². The minimum absolute atomic E-state index is 0.0770. The molecule has 0 aliphatic heterocycles. The summed E-state index contributed by atoms with van der Waals surface area (Å²) in [5.41, 5.74) is 0.844. The molecule has 14 heavy (non-hydrogen) atoms.